The highest BCUT2D eigenvalue weighted by molar-refractivity contribution is 5.62. The molecule has 4 nitrogen and oxygen atoms in total. The van der Waals surface area contributed by atoms with Crippen LogP contribution in [0.15, 0.2) is 67.0 Å². The number of nitrogens with zero attached hydrogens (tertiary/aromatic N) is 1. The van der Waals surface area contributed by atoms with Gasteiger partial charge in [0.1, 0.15) is 17.7 Å². The van der Waals surface area contributed by atoms with Gasteiger partial charge in [-0.2, -0.15) is 0 Å². The fourth-order valence-corrected chi connectivity index (χ4v) is 3.38. The Balaban J connectivity index is 1.37. The Morgan fingerprint density at radius 2 is 1.96 bits per heavy atom. The minimum absolute atomic E-state index is 0.0886. The van der Waals surface area contributed by atoms with E-state index in [1.165, 1.54) is 12.1 Å². The van der Waals surface area contributed by atoms with Crippen LogP contribution in [0.5, 0.6) is 5.75 Å². The molecule has 2 N–H and O–H groups in total. The zero-order valence-corrected chi connectivity index (χ0v) is 14.8. The largest absolute Gasteiger partial charge is 0.489 e. The van der Waals surface area contributed by atoms with Crippen LogP contribution in [0.3, 0.4) is 0 Å². The number of halogens is 1. The van der Waals surface area contributed by atoms with Crippen LogP contribution in [-0.4, -0.2) is 22.7 Å². The summed E-state index contributed by atoms with van der Waals surface area (Å²) in [6.45, 7) is 1.24. The summed E-state index contributed by atoms with van der Waals surface area (Å²) in [7, 11) is 0. The van der Waals surface area contributed by atoms with Gasteiger partial charge in [-0.15, -0.1) is 0 Å². The van der Waals surface area contributed by atoms with Crippen molar-refractivity contribution in [3.8, 4) is 16.9 Å². The first-order valence-electron chi connectivity index (χ1n) is 9.03. The molecule has 27 heavy (non-hydrogen) atoms. The molecule has 1 aliphatic rings. The van der Waals surface area contributed by atoms with Crippen LogP contribution in [0.25, 0.3) is 11.1 Å². The number of aromatic nitrogens is 1. The molecule has 0 fully saturated rings. The summed E-state index contributed by atoms with van der Waals surface area (Å²) in [4.78, 5) is 4.26. The van der Waals surface area contributed by atoms with E-state index in [0.717, 1.165) is 28.0 Å². The molecule has 0 spiro atoms. The van der Waals surface area contributed by atoms with Crippen molar-refractivity contribution in [3.05, 3.63) is 83.9 Å². The van der Waals surface area contributed by atoms with E-state index < -0.39 is 6.10 Å². The molecule has 1 aromatic heterocycles. The molecule has 2 aromatic carbocycles. The maximum atomic E-state index is 13.4. The van der Waals surface area contributed by atoms with Crippen molar-refractivity contribution in [2.75, 3.05) is 6.54 Å². The van der Waals surface area contributed by atoms with Crippen LogP contribution in [0.4, 0.5) is 4.39 Å². The third kappa shape index (κ3) is 4.15. The molecule has 0 unspecified atom stereocenters. The molecular weight excluding hydrogens is 343 g/mol. The van der Waals surface area contributed by atoms with Gasteiger partial charge in [0.25, 0.3) is 0 Å². The van der Waals surface area contributed by atoms with E-state index in [1.807, 2.05) is 36.4 Å². The van der Waals surface area contributed by atoms with Crippen LogP contribution in [-0.2, 0) is 6.54 Å². The lowest BCUT2D eigenvalue weighted by molar-refractivity contribution is 0.0657. The molecule has 2 heterocycles. The van der Waals surface area contributed by atoms with Crippen LogP contribution < -0.4 is 10.1 Å². The number of rotatable bonds is 5. The maximum absolute atomic E-state index is 13.4. The molecule has 0 amide bonds. The van der Waals surface area contributed by atoms with Gasteiger partial charge in [-0.3, -0.25) is 4.98 Å². The predicted octanol–water partition coefficient (Wildman–Crippen LogP) is 3.86. The van der Waals surface area contributed by atoms with Gasteiger partial charge >= 0.3 is 0 Å². The Kier molecular flexibility index (Phi) is 5.14. The number of ether oxygens (including phenoxy) is 1. The fraction of sp³-hybridized carbons (Fsp3) is 0.227. The van der Waals surface area contributed by atoms with Gasteiger partial charge in [0.05, 0.1) is 6.10 Å². The van der Waals surface area contributed by atoms with Crippen LogP contribution >= 0.6 is 0 Å². The molecule has 0 saturated heterocycles. The number of hydrogen-bond donors (Lipinski definition) is 2. The summed E-state index contributed by atoms with van der Waals surface area (Å²) < 4.78 is 19.4. The lowest BCUT2D eigenvalue weighted by Gasteiger charge is -2.29. The molecule has 0 radical (unpaired) electrons. The molecule has 0 aliphatic carbocycles. The lowest BCUT2D eigenvalue weighted by Crippen LogP contribution is -2.35. The Hall–Kier alpha value is -2.76. The van der Waals surface area contributed by atoms with Crippen molar-refractivity contribution >= 4 is 0 Å². The summed E-state index contributed by atoms with van der Waals surface area (Å²) in [6, 6.07) is 16.1. The average molecular weight is 364 g/mol. The number of aliphatic hydroxyl groups is 1. The quantitative estimate of drug-likeness (QED) is 0.722. The van der Waals surface area contributed by atoms with Gasteiger partial charge in [0.15, 0.2) is 0 Å². The first kappa shape index (κ1) is 17.6. The van der Waals surface area contributed by atoms with E-state index in [2.05, 4.69) is 10.3 Å². The van der Waals surface area contributed by atoms with Gasteiger partial charge in [0.2, 0.25) is 0 Å². The summed E-state index contributed by atoms with van der Waals surface area (Å²) in [5, 5.41) is 13.6. The molecule has 2 atom stereocenters. The van der Waals surface area contributed by atoms with Gasteiger partial charge in [-0.1, -0.05) is 30.3 Å². The number of hydrogen-bond acceptors (Lipinski definition) is 4. The van der Waals surface area contributed by atoms with E-state index in [4.69, 9.17) is 4.74 Å². The first-order chi connectivity index (χ1) is 13.2. The Bertz CT molecular complexity index is 931. The maximum Gasteiger partial charge on any atom is 0.125 e. The highest BCUT2D eigenvalue weighted by atomic mass is 19.1. The fourth-order valence-electron chi connectivity index (χ4n) is 3.38. The number of aliphatic hydroxyl groups excluding tert-OH is 1. The number of pyridine rings is 1. The summed E-state index contributed by atoms with van der Waals surface area (Å²) in [6.07, 6.45) is 3.50. The smallest absolute Gasteiger partial charge is 0.125 e. The van der Waals surface area contributed by atoms with Gasteiger partial charge in [-0.05, 0) is 35.4 Å². The second kappa shape index (κ2) is 7.86. The van der Waals surface area contributed by atoms with Crippen molar-refractivity contribution in [1.82, 2.24) is 10.3 Å². The van der Waals surface area contributed by atoms with Crippen molar-refractivity contribution in [1.29, 1.82) is 0 Å². The summed E-state index contributed by atoms with van der Waals surface area (Å²) in [5.74, 6) is 0.488. The molecule has 5 heteroatoms. The Morgan fingerprint density at radius 3 is 2.85 bits per heavy atom. The van der Waals surface area contributed by atoms with Gasteiger partial charge < -0.3 is 15.2 Å². The van der Waals surface area contributed by atoms with E-state index in [-0.39, 0.29) is 11.9 Å². The topological polar surface area (TPSA) is 54.4 Å². The third-order valence-electron chi connectivity index (χ3n) is 4.71. The minimum atomic E-state index is -0.500. The van der Waals surface area contributed by atoms with Gasteiger partial charge in [0, 0.05) is 43.0 Å². The standard InChI is InChI=1S/C22H21FN2O2/c23-18-5-3-4-16(9-18)17-8-15(11-24-13-17)12-25-14-19-10-21(26)20-6-1-2-7-22(20)27-19/h1-9,11,13,19,21,25-26H,10,12,14H2/t19-,21-/m1/s1. The van der Waals surface area contributed by atoms with Crippen molar-refractivity contribution in [2.24, 2.45) is 0 Å². The third-order valence-corrected chi connectivity index (χ3v) is 4.71. The predicted molar refractivity (Wildman–Crippen MR) is 102 cm³/mol. The number of para-hydroxylation sites is 1. The van der Waals surface area contributed by atoms with Crippen molar-refractivity contribution < 1.29 is 14.2 Å². The van der Waals surface area contributed by atoms with Crippen molar-refractivity contribution in [3.63, 3.8) is 0 Å². The van der Waals surface area contributed by atoms with Crippen molar-refractivity contribution in [2.45, 2.75) is 25.2 Å². The molecule has 0 bridgehead atoms. The Labute approximate surface area is 157 Å². The Morgan fingerprint density at radius 1 is 1.07 bits per heavy atom. The molecule has 138 valence electrons. The first-order valence-corrected chi connectivity index (χ1v) is 9.03. The summed E-state index contributed by atoms with van der Waals surface area (Å²) in [5.41, 5.74) is 3.54. The average Bonchev–Trinajstić information content (AvgIpc) is 2.68. The van der Waals surface area contributed by atoms with Crippen LogP contribution in [0, 0.1) is 5.82 Å². The second-order valence-electron chi connectivity index (χ2n) is 6.75. The molecule has 0 saturated carbocycles. The number of benzene rings is 2. The molecule has 4 rings (SSSR count). The molecular formula is C22H21FN2O2. The SMILES string of the molecule is O[C@@H]1C[C@H](CNCc2cncc(-c3cccc(F)c3)c2)Oc2ccccc21. The van der Waals surface area contributed by atoms with E-state index in [9.17, 15) is 9.50 Å². The van der Waals surface area contributed by atoms with E-state index in [1.54, 1.807) is 18.5 Å². The summed E-state index contributed by atoms with van der Waals surface area (Å²) >= 11 is 0. The second-order valence-corrected chi connectivity index (χ2v) is 6.75. The lowest BCUT2D eigenvalue weighted by atomic mass is 9.99. The van der Waals surface area contributed by atoms with E-state index >= 15 is 0 Å². The number of nitrogens with one attached hydrogen (secondary N) is 1. The highest BCUT2D eigenvalue weighted by Crippen LogP contribution is 2.34. The zero-order chi connectivity index (χ0) is 18.6. The minimum Gasteiger partial charge on any atom is -0.489 e. The normalized spacial score (nSPS) is 18.6. The van der Waals surface area contributed by atoms with Crippen LogP contribution in [0.1, 0.15) is 23.7 Å². The number of fused-ring (bicyclic) bond motifs is 1. The molecule has 1 aliphatic heterocycles. The van der Waals surface area contributed by atoms with Crippen LogP contribution in [0.2, 0.25) is 0 Å². The zero-order valence-electron chi connectivity index (χ0n) is 14.8. The van der Waals surface area contributed by atoms with Gasteiger partial charge in [-0.25, -0.2) is 4.39 Å². The molecule has 3 aromatic rings. The highest BCUT2D eigenvalue weighted by Gasteiger charge is 2.26. The van der Waals surface area contributed by atoms with E-state index in [0.29, 0.717) is 19.5 Å². The monoisotopic (exact) mass is 364 g/mol.